The molecule has 0 aliphatic carbocycles. The van der Waals surface area contributed by atoms with E-state index in [1.807, 2.05) is 11.7 Å². The van der Waals surface area contributed by atoms with E-state index in [4.69, 9.17) is 19.8 Å². The van der Waals surface area contributed by atoms with E-state index in [1.165, 1.54) is 19.5 Å². The lowest BCUT2D eigenvalue weighted by molar-refractivity contribution is -0.159. The summed E-state index contributed by atoms with van der Waals surface area (Å²) < 4.78 is 1.81. The summed E-state index contributed by atoms with van der Waals surface area (Å²) >= 11 is 0. The zero-order valence-corrected chi connectivity index (χ0v) is 10.4. The number of tetrazole rings is 1. The first kappa shape index (κ1) is 13.4. The number of piperidine rings is 1. The van der Waals surface area contributed by atoms with Gasteiger partial charge in [-0.15, -0.1) is 5.10 Å². The van der Waals surface area contributed by atoms with Crippen molar-refractivity contribution in [3.8, 4) is 0 Å². The second-order valence-electron chi connectivity index (χ2n) is 4.69. The molecule has 3 heterocycles. The molecule has 3 atom stereocenters. The molecule has 1 aromatic heterocycles. The summed E-state index contributed by atoms with van der Waals surface area (Å²) in [4.78, 5) is 20.7. The summed E-state index contributed by atoms with van der Waals surface area (Å²) in [5, 5.41) is 26.5. The number of carbonyl (C=O) groups is 2. The fourth-order valence-electron chi connectivity index (χ4n) is 2.63. The smallest absolute Gasteiger partial charge is 0.414 e. The third-order valence-electron chi connectivity index (χ3n) is 3.50. The average molecular weight is 269 g/mol. The first-order valence-corrected chi connectivity index (χ1v) is 5.90. The van der Waals surface area contributed by atoms with Crippen LogP contribution in [0.25, 0.3) is 0 Å². The number of nitrogens with zero attached hydrogens (tertiary/aromatic N) is 5. The molecule has 2 saturated heterocycles. The number of rotatable bonds is 1. The van der Waals surface area contributed by atoms with Gasteiger partial charge in [0.25, 0.3) is 0 Å². The van der Waals surface area contributed by atoms with Crippen LogP contribution in [0.5, 0.6) is 0 Å². The Morgan fingerprint density at radius 2 is 1.95 bits per heavy atom. The Hall–Kier alpha value is -2.03. The monoisotopic (exact) mass is 269 g/mol. The van der Waals surface area contributed by atoms with Gasteiger partial charge in [-0.05, 0) is 29.3 Å². The van der Waals surface area contributed by atoms with Gasteiger partial charge in [0.15, 0.2) is 5.82 Å². The molecule has 9 nitrogen and oxygen atoms in total. The third kappa shape index (κ3) is 2.87. The number of aliphatic carboxylic acids is 2. The van der Waals surface area contributed by atoms with Gasteiger partial charge in [0, 0.05) is 26.1 Å². The van der Waals surface area contributed by atoms with Crippen molar-refractivity contribution in [2.24, 2.45) is 13.0 Å². The molecule has 0 radical (unpaired) electrons. The Kier molecular flexibility index (Phi) is 3.74. The summed E-state index contributed by atoms with van der Waals surface area (Å²) in [7, 11) is 1.93. The second-order valence-corrected chi connectivity index (χ2v) is 4.69. The normalized spacial score (nSPS) is 27.7. The molecule has 2 N–H and O–H groups in total. The van der Waals surface area contributed by atoms with Crippen LogP contribution in [0.15, 0.2) is 0 Å². The average Bonchev–Trinajstić information content (AvgIpc) is 3.04. The number of hydrogen-bond donors (Lipinski definition) is 2. The first-order valence-electron chi connectivity index (χ1n) is 5.90. The van der Waals surface area contributed by atoms with Crippen LogP contribution in [0, 0.1) is 5.92 Å². The van der Waals surface area contributed by atoms with Crippen LogP contribution in [0.3, 0.4) is 0 Å². The minimum absolute atomic E-state index is 0.578. The fourth-order valence-corrected chi connectivity index (χ4v) is 2.63. The molecule has 0 amide bonds. The molecule has 3 rings (SSSR count). The van der Waals surface area contributed by atoms with E-state index in [1.54, 1.807) is 0 Å². The van der Waals surface area contributed by atoms with E-state index in [0.29, 0.717) is 5.92 Å². The van der Waals surface area contributed by atoms with Gasteiger partial charge in [-0.3, -0.25) is 0 Å². The SMILES string of the molecule is Cn1nnnc1C1CN2CCC1C2.O=C(O)C(=O)O. The predicted octanol–water partition coefficient (Wildman–Crippen LogP) is -1.22. The zero-order chi connectivity index (χ0) is 14.0. The Balaban J connectivity index is 0.000000192. The molecule has 2 fully saturated rings. The van der Waals surface area contributed by atoms with Crippen molar-refractivity contribution in [1.29, 1.82) is 0 Å². The summed E-state index contributed by atoms with van der Waals surface area (Å²) in [5.74, 6) is -1.21. The van der Waals surface area contributed by atoms with Crippen LogP contribution in [0.2, 0.25) is 0 Å². The van der Waals surface area contributed by atoms with Crippen molar-refractivity contribution >= 4 is 11.9 Å². The van der Waals surface area contributed by atoms with Crippen molar-refractivity contribution < 1.29 is 19.8 Å². The number of carboxylic acid groups (broad SMARTS) is 2. The van der Waals surface area contributed by atoms with Gasteiger partial charge in [-0.25, -0.2) is 14.3 Å². The zero-order valence-electron chi connectivity index (χ0n) is 10.4. The third-order valence-corrected chi connectivity index (χ3v) is 3.50. The summed E-state index contributed by atoms with van der Waals surface area (Å²) in [6, 6.07) is 0. The highest BCUT2D eigenvalue weighted by molar-refractivity contribution is 6.27. The topological polar surface area (TPSA) is 121 Å². The van der Waals surface area contributed by atoms with Crippen LogP contribution in [-0.2, 0) is 16.6 Å². The van der Waals surface area contributed by atoms with Gasteiger partial charge in [-0.1, -0.05) is 0 Å². The summed E-state index contributed by atoms with van der Waals surface area (Å²) in [6.07, 6.45) is 1.32. The van der Waals surface area contributed by atoms with E-state index in [0.717, 1.165) is 18.3 Å². The van der Waals surface area contributed by atoms with Crippen molar-refractivity contribution in [3.05, 3.63) is 5.82 Å². The predicted molar refractivity (Wildman–Crippen MR) is 61.4 cm³/mol. The molecular weight excluding hydrogens is 254 g/mol. The van der Waals surface area contributed by atoms with E-state index < -0.39 is 11.9 Å². The van der Waals surface area contributed by atoms with E-state index in [9.17, 15) is 0 Å². The van der Waals surface area contributed by atoms with E-state index in [-0.39, 0.29) is 0 Å². The van der Waals surface area contributed by atoms with Crippen LogP contribution in [-0.4, -0.2) is 66.9 Å². The minimum atomic E-state index is -1.82. The maximum absolute atomic E-state index is 9.10. The lowest BCUT2D eigenvalue weighted by atomic mass is 9.92. The molecule has 3 unspecified atom stereocenters. The molecule has 2 bridgehead atoms. The van der Waals surface area contributed by atoms with Gasteiger partial charge < -0.3 is 15.1 Å². The van der Waals surface area contributed by atoms with Crippen molar-refractivity contribution in [2.75, 3.05) is 19.6 Å². The van der Waals surface area contributed by atoms with Gasteiger partial charge in [0.05, 0.1) is 0 Å². The highest BCUT2D eigenvalue weighted by Gasteiger charge is 2.40. The van der Waals surface area contributed by atoms with Crippen molar-refractivity contribution in [1.82, 2.24) is 25.1 Å². The molecule has 9 heteroatoms. The van der Waals surface area contributed by atoms with Gasteiger partial charge in [0.1, 0.15) is 0 Å². The first-order chi connectivity index (χ1) is 8.99. The van der Waals surface area contributed by atoms with Crippen LogP contribution < -0.4 is 0 Å². The minimum Gasteiger partial charge on any atom is -0.473 e. The van der Waals surface area contributed by atoms with Crippen molar-refractivity contribution in [2.45, 2.75) is 12.3 Å². The quantitative estimate of drug-likeness (QED) is 0.609. The standard InChI is InChI=1S/C8H13N5.C2H2O4/c1-12-8(9-10-11-12)7-5-13-3-2-6(7)4-13;3-1(4)2(5)6/h6-7H,2-5H2,1H3;(H,3,4)(H,5,6). The number of fused-ring (bicyclic) bond motifs is 2. The molecular formula is C10H15N5O4. The molecule has 104 valence electrons. The Morgan fingerprint density at radius 1 is 1.26 bits per heavy atom. The van der Waals surface area contributed by atoms with Gasteiger partial charge >= 0.3 is 11.9 Å². The molecule has 0 aromatic carbocycles. The largest absolute Gasteiger partial charge is 0.473 e. The van der Waals surface area contributed by atoms with Gasteiger partial charge in [0.2, 0.25) is 0 Å². The maximum Gasteiger partial charge on any atom is 0.414 e. The highest BCUT2D eigenvalue weighted by Crippen LogP contribution is 2.38. The van der Waals surface area contributed by atoms with Crippen LogP contribution in [0.4, 0.5) is 0 Å². The lowest BCUT2D eigenvalue weighted by Gasteiger charge is -2.19. The Bertz CT molecular complexity index is 476. The molecule has 2 aliphatic rings. The van der Waals surface area contributed by atoms with E-state index in [2.05, 4.69) is 20.4 Å². The second kappa shape index (κ2) is 5.31. The highest BCUT2D eigenvalue weighted by atomic mass is 16.4. The Labute approximate surface area is 108 Å². The molecule has 1 aromatic rings. The number of carboxylic acids is 2. The maximum atomic E-state index is 9.10. The number of aromatic nitrogens is 4. The molecule has 0 spiro atoms. The summed E-state index contributed by atoms with van der Waals surface area (Å²) in [6.45, 7) is 3.67. The number of hydrogen-bond acceptors (Lipinski definition) is 6. The van der Waals surface area contributed by atoms with E-state index >= 15 is 0 Å². The van der Waals surface area contributed by atoms with Crippen LogP contribution >= 0.6 is 0 Å². The fraction of sp³-hybridized carbons (Fsp3) is 0.700. The number of aryl methyl sites for hydroxylation is 1. The molecule has 19 heavy (non-hydrogen) atoms. The molecule has 0 saturated carbocycles. The van der Waals surface area contributed by atoms with Crippen molar-refractivity contribution in [3.63, 3.8) is 0 Å². The Morgan fingerprint density at radius 3 is 2.32 bits per heavy atom. The summed E-state index contributed by atoms with van der Waals surface area (Å²) in [5.41, 5.74) is 0. The van der Waals surface area contributed by atoms with Crippen LogP contribution in [0.1, 0.15) is 18.2 Å². The lowest BCUT2D eigenvalue weighted by Crippen LogP contribution is -2.24. The molecule has 2 aliphatic heterocycles. The van der Waals surface area contributed by atoms with Gasteiger partial charge in [-0.2, -0.15) is 0 Å².